The number of benzene rings is 5. The number of rotatable bonds is 4. The van der Waals surface area contributed by atoms with Crippen molar-refractivity contribution in [2.45, 2.75) is 5.60 Å². The second kappa shape index (κ2) is 10.5. The standard InChI is InChI=1S/C37H34N2O3/c1-2-7-33-31(5-1)32-6-3-4-8-34(32)36-35(33)17-18-37(42-36,27-9-13-29(14-10-27)38-19-23-40-24-20-38)28-11-15-30(16-12-28)39-21-25-41-26-22-39/h1-18H,19-26H2. The number of fused-ring (bicyclic) bond motifs is 6. The average molecular weight is 555 g/mol. The van der Waals surface area contributed by atoms with Gasteiger partial charge in [-0.3, -0.25) is 0 Å². The van der Waals surface area contributed by atoms with E-state index in [4.69, 9.17) is 14.2 Å². The van der Waals surface area contributed by atoms with Crippen LogP contribution in [0.4, 0.5) is 11.4 Å². The summed E-state index contributed by atoms with van der Waals surface area (Å²) in [5.74, 6) is 0.932. The Balaban J connectivity index is 1.27. The van der Waals surface area contributed by atoms with E-state index in [1.54, 1.807) is 0 Å². The molecule has 5 nitrogen and oxygen atoms in total. The third-order valence-electron chi connectivity index (χ3n) is 9.02. The maximum Gasteiger partial charge on any atom is 0.178 e. The Morgan fingerprint density at radius 2 is 0.952 bits per heavy atom. The summed E-state index contributed by atoms with van der Waals surface area (Å²) in [4.78, 5) is 4.78. The number of hydrogen-bond acceptors (Lipinski definition) is 5. The molecule has 0 saturated carbocycles. The third kappa shape index (κ3) is 4.23. The fraction of sp³-hybridized carbons (Fsp3) is 0.243. The highest BCUT2D eigenvalue weighted by Gasteiger charge is 2.38. The maximum absolute atomic E-state index is 7.33. The SMILES string of the molecule is C1=CC(c2ccc(N3CCOCC3)cc2)(c2ccc(N3CCOCC3)cc2)Oc2c1c1ccccc1c1ccccc21. The lowest BCUT2D eigenvalue weighted by molar-refractivity contribution is 0.122. The van der Waals surface area contributed by atoms with Gasteiger partial charge in [-0.05, 0) is 52.6 Å². The largest absolute Gasteiger partial charge is 0.472 e. The highest BCUT2D eigenvalue weighted by atomic mass is 16.5. The van der Waals surface area contributed by atoms with Crippen LogP contribution in [0.25, 0.3) is 27.6 Å². The first-order chi connectivity index (χ1) is 20.8. The van der Waals surface area contributed by atoms with Gasteiger partial charge in [-0.15, -0.1) is 0 Å². The van der Waals surface area contributed by atoms with E-state index in [2.05, 4.69) is 119 Å². The van der Waals surface area contributed by atoms with E-state index in [9.17, 15) is 0 Å². The van der Waals surface area contributed by atoms with Crippen molar-refractivity contribution in [1.29, 1.82) is 0 Å². The zero-order valence-electron chi connectivity index (χ0n) is 23.7. The highest BCUT2D eigenvalue weighted by Crippen LogP contribution is 2.48. The molecule has 0 atom stereocenters. The van der Waals surface area contributed by atoms with Gasteiger partial charge in [-0.1, -0.05) is 72.8 Å². The van der Waals surface area contributed by atoms with E-state index < -0.39 is 5.60 Å². The zero-order chi connectivity index (χ0) is 27.9. The molecule has 3 aliphatic rings. The molecule has 0 spiro atoms. The van der Waals surface area contributed by atoms with Crippen molar-refractivity contribution < 1.29 is 14.2 Å². The summed E-state index contributed by atoms with van der Waals surface area (Å²) in [5.41, 5.74) is 5.02. The Bertz CT molecular complexity index is 1700. The van der Waals surface area contributed by atoms with Gasteiger partial charge in [0.1, 0.15) is 5.75 Å². The molecule has 0 amide bonds. The van der Waals surface area contributed by atoms with Gasteiger partial charge in [0.15, 0.2) is 5.60 Å². The summed E-state index contributed by atoms with van der Waals surface area (Å²) in [5, 5.41) is 4.80. The lowest BCUT2D eigenvalue weighted by Crippen LogP contribution is -2.37. The van der Waals surface area contributed by atoms with E-state index in [0.29, 0.717) is 0 Å². The molecule has 0 aliphatic carbocycles. The van der Waals surface area contributed by atoms with Gasteiger partial charge in [-0.25, -0.2) is 0 Å². The van der Waals surface area contributed by atoms with Crippen LogP contribution in [0, 0.1) is 0 Å². The van der Waals surface area contributed by atoms with E-state index >= 15 is 0 Å². The number of morpholine rings is 2. The minimum atomic E-state index is -0.773. The zero-order valence-corrected chi connectivity index (χ0v) is 23.7. The first kappa shape index (κ1) is 25.4. The van der Waals surface area contributed by atoms with Gasteiger partial charge in [0, 0.05) is 59.6 Å². The van der Waals surface area contributed by atoms with E-state index in [1.807, 2.05) is 0 Å². The van der Waals surface area contributed by atoms with Gasteiger partial charge in [0.25, 0.3) is 0 Å². The minimum Gasteiger partial charge on any atom is -0.472 e. The molecule has 5 aromatic carbocycles. The second-order valence-electron chi connectivity index (χ2n) is 11.3. The Labute approximate surface area is 246 Å². The van der Waals surface area contributed by atoms with Crippen molar-refractivity contribution in [3.63, 3.8) is 0 Å². The van der Waals surface area contributed by atoms with Gasteiger partial charge in [-0.2, -0.15) is 0 Å². The van der Waals surface area contributed by atoms with Crippen molar-refractivity contribution in [2.24, 2.45) is 0 Å². The molecule has 3 heterocycles. The summed E-state index contributed by atoms with van der Waals surface area (Å²) in [7, 11) is 0. The lowest BCUT2D eigenvalue weighted by Gasteiger charge is -2.38. The fourth-order valence-electron chi connectivity index (χ4n) is 6.77. The van der Waals surface area contributed by atoms with Crippen molar-refractivity contribution in [3.05, 3.63) is 120 Å². The average Bonchev–Trinajstić information content (AvgIpc) is 3.09. The molecular formula is C37H34N2O3. The summed E-state index contributed by atoms with van der Waals surface area (Å²) in [6.07, 6.45) is 4.53. The van der Waals surface area contributed by atoms with Crippen LogP contribution in [-0.4, -0.2) is 52.6 Å². The van der Waals surface area contributed by atoms with Gasteiger partial charge >= 0.3 is 0 Å². The third-order valence-corrected chi connectivity index (χ3v) is 9.02. The van der Waals surface area contributed by atoms with Gasteiger partial charge in [0.2, 0.25) is 0 Å². The Hall–Kier alpha value is -4.32. The molecule has 2 saturated heterocycles. The first-order valence-corrected chi connectivity index (χ1v) is 15.0. The van der Waals surface area contributed by atoms with Crippen LogP contribution in [0.2, 0.25) is 0 Å². The molecule has 210 valence electrons. The quantitative estimate of drug-likeness (QED) is 0.223. The smallest absolute Gasteiger partial charge is 0.178 e. The second-order valence-corrected chi connectivity index (χ2v) is 11.3. The molecule has 2 fully saturated rings. The molecule has 0 unspecified atom stereocenters. The number of hydrogen-bond donors (Lipinski definition) is 0. The number of nitrogens with zero attached hydrogens (tertiary/aromatic N) is 2. The van der Waals surface area contributed by atoms with Crippen molar-refractivity contribution in [3.8, 4) is 5.75 Å². The Morgan fingerprint density at radius 3 is 1.48 bits per heavy atom. The fourth-order valence-corrected chi connectivity index (χ4v) is 6.77. The molecule has 0 bridgehead atoms. The normalized spacial score (nSPS) is 18.2. The molecule has 8 rings (SSSR count). The topological polar surface area (TPSA) is 34.2 Å². The Kier molecular flexibility index (Phi) is 6.35. The van der Waals surface area contributed by atoms with E-state index in [0.717, 1.165) is 80.4 Å². The molecule has 5 aromatic rings. The van der Waals surface area contributed by atoms with Gasteiger partial charge in [0.05, 0.1) is 26.4 Å². The van der Waals surface area contributed by atoms with Crippen molar-refractivity contribution in [1.82, 2.24) is 0 Å². The predicted molar refractivity (Wildman–Crippen MR) is 171 cm³/mol. The highest BCUT2D eigenvalue weighted by molar-refractivity contribution is 6.14. The van der Waals surface area contributed by atoms with Crippen LogP contribution in [0.3, 0.4) is 0 Å². The van der Waals surface area contributed by atoms with Gasteiger partial charge < -0.3 is 24.0 Å². The van der Waals surface area contributed by atoms with Crippen LogP contribution in [-0.2, 0) is 15.1 Å². The van der Waals surface area contributed by atoms with E-state index in [-0.39, 0.29) is 0 Å². The predicted octanol–water partition coefficient (Wildman–Crippen LogP) is 7.02. The molecule has 5 heteroatoms. The summed E-state index contributed by atoms with van der Waals surface area (Å²) in [6, 6.07) is 35.1. The Morgan fingerprint density at radius 1 is 0.500 bits per heavy atom. The molecule has 3 aliphatic heterocycles. The number of ether oxygens (including phenoxy) is 3. The van der Waals surface area contributed by atoms with Crippen LogP contribution in [0.5, 0.6) is 5.75 Å². The van der Waals surface area contributed by atoms with Crippen LogP contribution in [0.1, 0.15) is 16.7 Å². The van der Waals surface area contributed by atoms with Crippen molar-refractivity contribution >= 4 is 39.0 Å². The molecule has 42 heavy (non-hydrogen) atoms. The van der Waals surface area contributed by atoms with Crippen LogP contribution >= 0.6 is 0 Å². The summed E-state index contributed by atoms with van der Waals surface area (Å²) >= 11 is 0. The maximum atomic E-state index is 7.33. The monoisotopic (exact) mass is 554 g/mol. The first-order valence-electron chi connectivity index (χ1n) is 15.0. The molecular weight excluding hydrogens is 520 g/mol. The molecule has 0 radical (unpaired) electrons. The van der Waals surface area contributed by atoms with Crippen molar-refractivity contribution in [2.75, 3.05) is 62.4 Å². The van der Waals surface area contributed by atoms with Crippen LogP contribution in [0.15, 0.2) is 103 Å². The summed E-state index contributed by atoms with van der Waals surface area (Å²) in [6.45, 7) is 6.73. The summed E-state index contributed by atoms with van der Waals surface area (Å²) < 4.78 is 18.5. The lowest BCUT2D eigenvalue weighted by atomic mass is 9.82. The number of anilines is 2. The molecule has 0 N–H and O–H groups in total. The minimum absolute atomic E-state index is 0.769. The van der Waals surface area contributed by atoms with E-state index in [1.165, 1.54) is 27.5 Å². The molecule has 0 aromatic heterocycles. The van der Waals surface area contributed by atoms with Crippen LogP contribution < -0.4 is 14.5 Å².